The molecule has 1 unspecified atom stereocenters. The van der Waals surface area contributed by atoms with Gasteiger partial charge < -0.3 is 19.8 Å². The zero-order valence-electron chi connectivity index (χ0n) is 13.8. The van der Waals surface area contributed by atoms with E-state index in [1.165, 1.54) is 24.2 Å². The summed E-state index contributed by atoms with van der Waals surface area (Å²) < 4.78 is 10.2. The first-order chi connectivity index (χ1) is 12.6. The summed E-state index contributed by atoms with van der Waals surface area (Å²) in [7, 11) is 1.57. The Morgan fingerprint density at radius 2 is 2.19 bits per heavy atom. The number of benzene rings is 1. The highest BCUT2D eigenvalue weighted by Crippen LogP contribution is 2.23. The van der Waals surface area contributed by atoms with Crippen LogP contribution in [0.25, 0.3) is 0 Å². The van der Waals surface area contributed by atoms with Crippen molar-refractivity contribution in [1.82, 2.24) is 5.32 Å². The van der Waals surface area contributed by atoms with E-state index in [0.717, 1.165) is 0 Å². The van der Waals surface area contributed by atoms with Gasteiger partial charge in [0, 0.05) is 12.1 Å². The molecule has 3 rings (SSSR count). The summed E-state index contributed by atoms with van der Waals surface area (Å²) in [6.45, 7) is 0. The number of hydrogen-bond acceptors (Lipinski definition) is 7. The van der Waals surface area contributed by atoms with Crippen molar-refractivity contribution in [2.45, 2.75) is 11.7 Å². The number of hydrogen-bond donors (Lipinski definition) is 2. The van der Waals surface area contributed by atoms with Crippen LogP contribution < -0.4 is 15.4 Å². The van der Waals surface area contributed by atoms with Crippen LogP contribution in [0.2, 0.25) is 0 Å². The van der Waals surface area contributed by atoms with E-state index in [0.29, 0.717) is 22.4 Å². The highest BCUT2D eigenvalue weighted by molar-refractivity contribution is 8.15. The minimum Gasteiger partial charge on any atom is -0.497 e. The summed E-state index contributed by atoms with van der Waals surface area (Å²) in [5.41, 5.74) is 0.635. The van der Waals surface area contributed by atoms with E-state index in [1.807, 2.05) is 0 Å². The van der Waals surface area contributed by atoms with Gasteiger partial charge >= 0.3 is 0 Å². The van der Waals surface area contributed by atoms with E-state index in [9.17, 15) is 9.59 Å². The Morgan fingerprint density at radius 1 is 1.38 bits per heavy atom. The average Bonchev–Trinajstić information content (AvgIpc) is 3.26. The summed E-state index contributed by atoms with van der Waals surface area (Å²) in [5.74, 6) is 0.721. The molecule has 2 aromatic rings. The first-order valence-corrected chi connectivity index (χ1v) is 8.58. The molecule has 1 aromatic carbocycles. The van der Waals surface area contributed by atoms with Crippen molar-refractivity contribution in [2.75, 3.05) is 12.4 Å². The van der Waals surface area contributed by atoms with Gasteiger partial charge in [0.05, 0.1) is 19.6 Å². The molecule has 8 nitrogen and oxygen atoms in total. The predicted molar refractivity (Wildman–Crippen MR) is 99.5 cm³/mol. The third-order valence-electron chi connectivity index (χ3n) is 3.40. The number of thioether (sulfide) groups is 1. The normalized spacial score (nSPS) is 18.3. The van der Waals surface area contributed by atoms with E-state index in [1.54, 1.807) is 43.5 Å². The standard InChI is InChI=1S/C17H16N4O4S/c1-24-12-6-4-11(5-7-12)19-15(22)9-14-16(23)20-17(26-14)21-18-10-13-3-2-8-25-13/h2-8,10,14H,9H2,1H3,(H,19,22)(H,20,21,23)/b18-10+. The summed E-state index contributed by atoms with van der Waals surface area (Å²) in [6, 6.07) is 10.4. The van der Waals surface area contributed by atoms with Crippen LogP contribution in [-0.4, -0.2) is 35.6 Å². The Balaban J connectivity index is 1.52. The van der Waals surface area contributed by atoms with Crippen LogP contribution in [0.1, 0.15) is 12.2 Å². The van der Waals surface area contributed by atoms with Gasteiger partial charge in [-0.2, -0.15) is 5.10 Å². The molecule has 2 heterocycles. The van der Waals surface area contributed by atoms with Crippen LogP contribution in [0.3, 0.4) is 0 Å². The molecule has 1 atom stereocenters. The van der Waals surface area contributed by atoms with E-state index in [-0.39, 0.29) is 18.2 Å². The van der Waals surface area contributed by atoms with Crippen molar-refractivity contribution in [2.24, 2.45) is 10.2 Å². The van der Waals surface area contributed by atoms with Crippen LogP contribution in [0.5, 0.6) is 5.75 Å². The number of rotatable bonds is 6. The SMILES string of the molecule is COc1ccc(NC(=O)CC2S/C(=N/N=C/c3ccco3)NC2=O)cc1. The van der Waals surface area contributed by atoms with Crippen molar-refractivity contribution >= 4 is 40.6 Å². The Labute approximate surface area is 153 Å². The zero-order chi connectivity index (χ0) is 18.4. The lowest BCUT2D eigenvalue weighted by molar-refractivity contribution is -0.122. The molecule has 0 spiro atoms. The maximum Gasteiger partial charge on any atom is 0.240 e. The molecule has 134 valence electrons. The molecule has 26 heavy (non-hydrogen) atoms. The van der Waals surface area contributed by atoms with Crippen LogP contribution in [0, 0.1) is 0 Å². The molecule has 1 fully saturated rings. The van der Waals surface area contributed by atoms with Crippen LogP contribution in [-0.2, 0) is 9.59 Å². The largest absolute Gasteiger partial charge is 0.497 e. The van der Waals surface area contributed by atoms with Gasteiger partial charge in [0.2, 0.25) is 11.8 Å². The molecular formula is C17H16N4O4S. The Bertz CT molecular complexity index is 831. The minimum absolute atomic E-state index is 0.0312. The topological polar surface area (TPSA) is 105 Å². The van der Waals surface area contributed by atoms with Gasteiger partial charge in [-0.3, -0.25) is 9.59 Å². The number of nitrogens with zero attached hydrogens (tertiary/aromatic N) is 2. The second kappa shape index (κ2) is 8.34. The number of nitrogens with one attached hydrogen (secondary N) is 2. The molecule has 1 saturated heterocycles. The fourth-order valence-electron chi connectivity index (χ4n) is 2.14. The van der Waals surface area contributed by atoms with Gasteiger partial charge in [-0.1, -0.05) is 11.8 Å². The molecule has 0 saturated carbocycles. The van der Waals surface area contributed by atoms with Crippen molar-refractivity contribution in [3.05, 3.63) is 48.4 Å². The summed E-state index contributed by atoms with van der Waals surface area (Å²) in [6.07, 6.45) is 2.99. The Hall–Kier alpha value is -3.07. The van der Waals surface area contributed by atoms with E-state index < -0.39 is 5.25 Å². The number of methoxy groups -OCH3 is 1. The maximum absolute atomic E-state index is 12.1. The first kappa shape index (κ1) is 17.7. The molecule has 0 radical (unpaired) electrons. The molecule has 0 bridgehead atoms. The molecule has 9 heteroatoms. The van der Waals surface area contributed by atoms with Crippen LogP contribution in [0.15, 0.2) is 57.3 Å². The quantitative estimate of drug-likeness (QED) is 0.598. The predicted octanol–water partition coefficient (Wildman–Crippen LogP) is 2.24. The van der Waals surface area contributed by atoms with Gasteiger partial charge in [-0.05, 0) is 36.4 Å². The van der Waals surface area contributed by atoms with Gasteiger partial charge in [-0.15, -0.1) is 5.10 Å². The molecule has 0 aliphatic carbocycles. The molecule has 1 aliphatic rings. The third-order valence-corrected chi connectivity index (χ3v) is 4.47. The fraction of sp³-hybridized carbons (Fsp3) is 0.176. The van der Waals surface area contributed by atoms with Crippen molar-refractivity contribution < 1.29 is 18.7 Å². The lowest BCUT2D eigenvalue weighted by Gasteiger charge is -2.08. The molecular weight excluding hydrogens is 356 g/mol. The molecule has 1 aliphatic heterocycles. The lowest BCUT2D eigenvalue weighted by atomic mass is 10.2. The zero-order valence-corrected chi connectivity index (χ0v) is 14.7. The van der Waals surface area contributed by atoms with Crippen molar-refractivity contribution in [3.8, 4) is 5.75 Å². The summed E-state index contributed by atoms with van der Waals surface area (Å²) in [5, 5.41) is 12.9. The number of ether oxygens (including phenoxy) is 1. The molecule has 2 N–H and O–H groups in total. The molecule has 2 amide bonds. The molecule has 1 aromatic heterocycles. The summed E-state index contributed by atoms with van der Waals surface area (Å²) >= 11 is 1.17. The fourth-order valence-corrected chi connectivity index (χ4v) is 3.07. The van der Waals surface area contributed by atoms with Crippen LogP contribution in [0.4, 0.5) is 5.69 Å². The number of amidine groups is 1. The third kappa shape index (κ3) is 4.73. The Morgan fingerprint density at radius 3 is 2.88 bits per heavy atom. The minimum atomic E-state index is -0.550. The highest BCUT2D eigenvalue weighted by atomic mass is 32.2. The van der Waals surface area contributed by atoms with Crippen molar-refractivity contribution in [1.29, 1.82) is 0 Å². The van der Waals surface area contributed by atoms with Crippen LogP contribution >= 0.6 is 11.8 Å². The van der Waals surface area contributed by atoms with Gasteiger partial charge in [0.1, 0.15) is 16.8 Å². The second-order valence-corrected chi connectivity index (χ2v) is 6.43. The average molecular weight is 372 g/mol. The van der Waals surface area contributed by atoms with Gasteiger partial charge in [-0.25, -0.2) is 0 Å². The van der Waals surface area contributed by atoms with E-state index in [2.05, 4.69) is 20.8 Å². The highest BCUT2D eigenvalue weighted by Gasteiger charge is 2.32. The van der Waals surface area contributed by atoms with Gasteiger partial charge in [0.15, 0.2) is 5.17 Å². The number of anilines is 1. The summed E-state index contributed by atoms with van der Waals surface area (Å²) in [4.78, 5) is 24.1. The number of carbonyl (C=O) groups is 2. The maximum atomic E-state index is 12.1. The number of carbonyl (C=O) groups excluding carboxylic acids is 2. The van der Waals surface area contributed by atoms with E-state index in [4.69, 9.17) is 9.15 Å². The second-order valence-electron chi connectivity index (χ2n) is 5.24. The first-order valence-electron chi connectivity index (χ1n) is 7.70. The van der Waals surface area contributed by atoms with E-state index >= 15 is 0 Å². The lowest BCUT2D eigenvalue weighted by Crippen LogP contribution is -2.28. The monoisotopic (exact) mass is 372 g/mol. The van der Waals surface area contributed by atoms with Gasteiger partial charge in [0.25, 0.3) is 0 Å². The number of furan rings is 1. The van der Waals surface area contributed by atoms with Crippen molar-refractivity contribution in [3.63, 3.8) is 0 Å². The Kier molecular flexibility index (Phi) is 5.69. The smallest absolute Gasteiger partial charge is 0.240 e. The number of amides is 2.